The SMILES string of the molecule is COc1c(C2=NOC(CN)C2)c(C)nn1C. The second kappa shape index (κ2) is 4.13. The van der Waals surface area contributed by atoms with Gasteiger partial charge in [0.05, 0.1) is 24.1 Å². The number of methoxy groups -OCH3 is 1. The third kappa shape index (κ3) is 1.65. The zero-order valence-electron chi connectivity index (χ0n) is 9.73. The van der Waals surface area contributed by atoms with Crippen LogP contribution in [0, 0.1) is 6.92 Å². The molecule has 1 atom stereocenters. The van der Waals surface area contributed by atoms with E-state index in [4.69, 9.17) is 15.3 Å². The first-order valence-corrected chi connectivity index (χ1v) is 5.18. The van der Waals surface area contributed by atoms with Crippen molar-refractivity contribution >= 4 is 5.71 Å². The predicted octanol–water partition coefficient (Wildman–Crippen LogP) is 0.189. The van der Waals surface area contributed by atoms with Crippen LogP contribution in [0.25, 0.3) is 0 Å². The molecule has 1 aliphatic rings. The minimum Gasteiger partial charge on any atom is -0.481 e. The van der Waals surface area contributed by atoms with E-state index in [-0.39, 0.29) is 6.10 Å². The number of hydrogen-bond acceptors (Lipinski definition) is 5. The van der Waals surface area contributed by atoms with Gasteiger partial charge in [0.25, 0.3) is 0 Å². The van der Waals surface area contributed by atoms with Gasteiger partial charge in [0.1, 0.15) is 6.10 Å². The Morgan fingerprint density at radius 1 is 1.62 bits per heavy atom. The van der Waals surface area contributed by atoms with Gasteiger partial charge in [-0.25, -0.2) is 4.68 Å². The van der Waals surface area contributed by atoms with Gasteiger partial charge < -0.3 is 15.3 Å². The molecule has 2 N–H and O–H groups in total. The molecule has 2 rings (SSSR count). The van der Waals surface area contributed by atoms with Crippen LogP contribution in [-0.4, -0.2) is 35.3 Å². The van der Waals surface area contributed by atoms with Crippen LogP contribution in [0.4, 0.5) is 0 Å². The highest BCUT2D eigenvalue weighted by Gasteiger charge is 2.27. The molecule has 0 aliphatic carbocycles. The van der Waals surface area contributed by atoms with Gasteiger partial charge in [-0.05, 0) is 6.92 Å². The van der Waals surface area contributed by atoms with Crippen molar-refractivity contribution in [2.45, 2.75) is 19.4 Å². The molecule has 1 aliphatic heterocycles. The van der Waals surface area contributed by atoms with Crippen molar-refractivity contribution in [1.29, 1.82) is 0 Å². The number of nitrogens with two attached hydrogens (primary N) is 1. The molecular weight excluding hydrogens is 208 g/mol. The van der Waals surface area contributed by atoms with Crippen LogP contribution in [0.1, 0.15) is 17.7 Å². The number of nitrogens with zero attached hydrogens (tertiary/aromatic N) is 3. The first kappa shape index (κ1) is 10.9. The normalized spacial score (nSPS) is 19.5. The number of ether oxygens (including phenoxy) is 1. The average molecular weight is 224 g/mol. The van der Waals surface area contributed by atoms with Crippen LogP contribution < -0.4 is 10.5 Å². The van der Waals surface area contributed by atoms with E-state index in [9.17, 15) is 0 Å². The summed E-state index contributed by atoms with van der Waals surface area (Å²) in [7, 11) is 3.46. The Kier molecular flexibility index (Phi) is 2.82. The van der Waals surface area contributed by atoms with Crippen molar-refractivity contribution in [3.8, 4) is 5.88 Å². The topological polar surface area (TPSA) is 74.7 Å². The first-order chi connectivity index (χ1) is 7.67. The zero-order valence-corrected chi connectivity index (χ0v) is 9.73. The summed E-state index contributed by atoms with van der Waals surface area (Å²) in [5, 5.41) is 8.35. The lowest BCUT2D eigenvalue weighted by molar-refractivity contribution is 0.0918. The minimum absolute atomic E-state index is 0.0284. The van der Waals surface area contributed by atoms with E-state index < -0.39 is 0 Å². The maximum atomic E-state index is 5.54. The molecule has 0 fully saturated rings. The van der Waals surface area contributed by atoms with Crippen LogP contribution in [0.2, 0.25) is 0 Å². The van der Waals surface area contributed by atoms with Crippen molar-refractivity contribution in [2.75, 3.05) is 13.7 Å². The maximum absolute atomic E-state index is 5.54. The minimum atomic E-state index is -0.0284. The zero-order chi connectivity index (χ0) is 11.7. The van der Waals surface area contributed by atoms with Crippen LogP contribution >= 0.6 is 0 Å². The van der Waals surface area contributed by atoms with Gasteiger partial charge in [-0.15, -0.1) is 0 Å². The van der Waals surface area contributed by atoms with E-state index >= 15 is 0 Å². The van der Waals surface area contributed by atoms with Crippen LogP contribution in [0.3, 0.4) is 0 Å². The highest BCUT2D eigenvalue weighted by Crippen LogP contribution is 2.26. The van der Waals surface area contributed by atoms with Crippen LogP contribution in [0.15, 0.2) is 5.16 Å². The lowest BCUT2D eigenvalue weighted by Gasteiger charge is -2.04. The Balaban J connectivity index is 2.34. The molecule has 1 aromatic heterocycles. The fraction of sp³-hybridized carbons (Fsp3) is 0.600. The summed E-state index contributed by atoms with van der Waals surface area (Å²) >= 11 is 0. The second-order valence-electron chi connectivity index (χ2n) is 3.80. The molecule has 16 heavy (non-hydrogen) atoms. The van der Waals surface area contributed by atoms with E-state index in [0.717, 1.165) is 17.0 Å². The van der Waals surface area contributed by atoms with Crippen molar-refractivity contribution < 1.29 is 9.57 Å². The molecular formula is C10H16N4O2. The van der Waals surface area contributed by atoms with Gasteiger partial charge in [-0.2, -0.15) is 5.10 Å². The Morgan fingerprint density at radius 3 is 2.94 bits per heavy atom. The second-order valence-corrected chi connectivity index (χ2v) is 3.80. The van der Waals surface area contributed by atoms with Gasteiger partial charge in [-0.1, -0.05) is 5.16 Å². The van der Waals surface area contributed by atoms with Gasteiger partial charge in [0, 0.05) is 20.0 Å². The van der Waals surface area contributed by atoms with Crippen LogP contribution in [0.5, 0.6) is 5.88 Å². The molecule has 0 saturated heterocycles. The molecule has 6 nitrogen and oxygen atoms in total. The molecule has 0 bridgehead atoms. The largest absolute Gasteiger partial charge is 0.481 e. The van der Waals surface area contributed by atoms with E-state index in [2.05, 4.69) is 10.3 Å². The molecule has 6 heteroatoms. The summed E-state index contributed by atoms with van der Waals surface area (Å²) in [6.45, 7) is 2.39. The third-order valence-corrected chi connectivity index (χ3v) is 2.65. The third-order valence-electron chi connectivity index (χ3n) is 2.65. The molecule has 0 radical (unpaired) electrons. The van der Waals surface area contributed by atoms with E-state index in [0.29, 0.717) is 18.8 Å². The van der Waals surface area contributed by atoms with E-state index in [1.807, 2.05) is 14.0 Å². The van der Waals surface area contributed by atoms with Crippen molar-refractivity contribution in [3.05, 3.63) is 11.3 Å². The highest BCUT2D eigenvalue weighted by molar-refractivity contribution is 6.04. The Bertz CT molecular complexity index is 425. The van der Waals surface area contributed by atoms with Gasteiger partial charge in [0.2, 0.25) is 5.88 Å². The molecule has 0 saturated carbocycles. The summed E-state index contributed by atoms with van der Waals surface area (Å²) in [5.41, 5.74) is 8.20. The Morgan fingerprint density at radius 2 is 2.38 bits per heavy atom. The number of oxime groups is 1. The lowest BCUT2D eigenvalue weighted by atomic mass is 10.1. The number of rotatable bonds is 3. The molecule has 1 aromatic rings. The van der Waals surface area contributed by atoms with Gasteiger partial charge in [0.15, 0.2) is 0 Å². The molecule has 0 aromatic carbocycles. The summed E-state index contributed by atoms with van der Waals surface area (Å²) < 4.78 is 7.01. The summed E-state index contributed by atoms with van der Waals surface area (Å²) in [6, 6.07) is 0. The summed E-state index contributed by atoms with van der Waals surface area (Å²) in [4.78, 5) is 5.20. The molecule has 0 spiro atoms. The summed E-state index contributed by atoms with van der Waals surface area (Å²) in [6.07, 6.45) is 0.679. The Labute approximate surface area is 94.0 Å². The lowest BCUT2D eigenvalue weighted by Crippen LogP contribution is -2.20. The molecule has 1 unspecified atom stereocenters. The van der Waals surface area contributed by atoms with E-state index in [1.54, 1.807) is 11.8 Å². The molecule has 2 heterocycles. The molecule has 0 amide bonds. The predicted molar refractivity (Wildman–Crippen MR) is 59.6 cm³/mol. The van der Waals surface area contributed by atoms with E-state index in [1.165, 1.54) is 0 Å². The number of hydrogen-bond donors (Lipinski definition) is 1. The fourth-order valence-electron chi connectivity index (χ4n) is 1.91. The Hall–Kier alpha value is -1.56. The monoisotopic (exact) mass is 224 g/mol. The fourth-order valence-corrected chi connectivity index (χ4v) is 1.91. The van der Waals surface area contributed by atoms with Crippen LogP contribution in [-0.2, 0) is 11.9 Å². The quantitative estimate of drug-likeness (QED) is 0.795. The first-order valence-electron chi connectivity index (χ1n) is 5.18. The van der Waals surface area contributed by atoms with Gasteiger partial charge >= 0.3 is 0 Å². The average Bonchev–Trinajstić information content (AvgIpc) is 2.82. The maximum Gasteiger partial charge on any atom is 0.220 e. The molecule has 88 valence electrons. The van der Waals surface area contributed by atoms with Crippen molar-refractivity contribution in [1.82, 2.24) is 9.78 Å². The number of aromatic nitrogens is 2. The van der Waals surface area contributed by atoms with Crippen molar-refractivity contribution in [2.24, 2.45) is 17.9 Å². The summed E-state index contributed by atoms with van der Waals surface area (Å²) in [5.74, 6) is 0.706. The number of aryl methyl sites for hydroxylation is 2. The van der Waals surface area contributed by atoms with Gasteiger partial charge in [-0.3, -0.25) is 0 Å². The van der Waals surface area contributed by atoms with Crippen molar-refractivity contribution in [3.63, 3.8) is 0 Å². The smallest absolute Gasteiger partial charge is 0.220 e. The highest BCUT2D eigenvalue weighted by atomic mass is 16.6. The standard InChI is InChI=1S/C10H16N4O2/c1-6-9(10(15-3)14(2)12-6)8-4-7(5-11)16-13-8/h7H,4-5,11H2,1-3H3.